The Morgan fingerprint density at radius 3 is 2.56 bits per heavy atom. The Labute approximate surface area is 202 Å². The van der Waals surface area contributed by atoms with Crippen molar-refractivity contribution in [2.75, 3.05) is 51.8 Å². The fourth-order valence-electron chi connectivity index (χ4n) is 4.82. The summed E-state index contributed by atoms with van der Waals surface area (Å²) in [6.45, 7) is 10.3. The average Bonchev–Trinajstić information content (AvgIpc) is 3.38. The Bertz CT molecular complexity index is 942. The monoisotopic (exact) mass is 471 g/mol. The SMILES string of the molecule is CN1CCC[C@H]1COc1nc2c(c(N3CCN(C)[C@@H](CC#N)C3)n1)CN(C(=O)OC(C)(C)C)C2. The van der Waals surface area contributed by atoms with Crippen LogP contribution in [0.3, 0.4) is 0 Å². The van der Waals surface area contributed by atoms with Crippen molar-refractivity contribution in [1.82, 2.24) is 24.7 Å². The first kappa shape index (κ1) is 24.5. The smallest absolute Gasteiger partial charge is 0.410 e. The summed E-state index contributed by atoms with van der Waals surface area (Å²) in [6.07, 6.45) is 2.39. The number of anilines is 1. The summed E-state index contributed by atoms with van der Waals surface area (Å²) < 4.78 is 11.7. The Kier molecular flexibility index (Phi) is 7.14. The van der Waals surface area contributed by atoms with E-state index in [9.17, 15) is 10.1 Å². The molecule has 3 aliphatic rings. The van der Waals surface area contributed by atoms with Crippen LogP contribution in [0.5, 0.6) is 6.01 Å². The lowest BCUT2D eigenvalue weighted by atomic mass is 10.1. The van der Waals surface area contributed by atoms with E-state index in [0.29, 0.717) is 44.7 Å². The number of likely N-dealkylation sites (tertiary alicyclic amines) is 1. The molecule has 0 spiro atoms. The summed E-state index contributed by atoms with van der Waals surface area (Å²) in [7, 11) is 4.18. The zero-order chi connectivity index (χ0) is 24.5. The van der Waals surface area contributed by atoms with Crippen LogP contribution in [0, 0.1) is 11.3 Å². The molecule has 0 bridgehead atoms. The van der Waals surface area contributed by atoms with Crippen LogP contribution in [-0.4, -0.2) is 95.3 Å². The number of carbonyl (C=O) groups excluding carboxylic acids is 1. The van der Waals surface area contributed by atoms with Crippen molar-refractivity contribution in [2.45, 2.75) is 70.8 Å². The van der Waals surface area contributed by atoms with Crippen molar-refractivity contribution in [2.24, 2.45) is 0 Å². The number of fused-ring (bicyclic) bond motifs is 1. The summed E-state index contributed by atoms with van der Waals surface area (Å²) in [4.78, 5) is 30.7. The number of hydrogen-bond donors (Lipinski definition) is 0. The van der Waals surface area contributed by atoms with Gasteiger partial charge in [-0.1, -0.05) is 0 Å². The molecule has 2 fully saturated rings. The molecule has 2 saturated heterocycles. The molecule has 10 nitrogen and oxygen atoms in total. The third-order valence-corrected chi connectivity index (χ3v) is 6.87. The van der Waals surface area contributed by atoms with Crippen LogP contribution in [0.2, 0.25) is 0 Å². The van der Waals surface area contributed by atoms with E-state index in [2.05, 4.69) is 34.9 Å². The maximum absolute atomic E-state index is 12.8. The van der Waals surface area contributed by atoms with Crippen molar-refractivity contribution >= 4 is 11.9 Å². The quantitative estimate of drug-likeness (QED) is 0.640. The molecule has 0 saturated carbocycles. The van der Waals surface area contributed by atoms with Gasteiger partial charge in [0.15, 0.2) is 0 Å². The second-order valence-electron chi connectivity index (χ2n) is 10.6. The summed E-state index contributed by atoms with van der Waals surface area (Å²) in [5.74, 6) is 0.807. The molecular formula is C24H37N7O3. The van der Waals surface area contributed by atoms with Crippen molar-refractivity contribution in [3.05, 3.63) is 11.3 Å². The molecule has 3 aliphatic heterocycles. The summed E-state index contributed by atoms with van der Waals surface area (Å²) >= 11 is 0. The van der Waals surface area contributed by atoms with Gasteiger partial charge < -0.3 is 19.3 Å². The average molecular weight is 472 g/mol. The highest BCUT2D eigenvalue weighted by atomic mass is 16.6. The second kappa shape index (κ2) is 9.92. The Balaban J connectivity index is 1.58. The third kappa shape index (κ3) is 5.53. The number of nitrogens with zero attached hydrogens (tertiary/aromatic N) is 7. The maximum Gasteiger partial charge on any atom is 0.410 e. The highest BCUT2D eigenvalue weighted by Gasteiger charge is 2.35. The van der Waals surface area contributed by atoms with E-state index >= 15 is 0 Å². The van der Waals surface area contributed by atoms with Gasteiger partial charge in [0.1, 0.15) is 18.0 Å². The van der Waals surface area contributed by atoms with Crippen molar-refractivity contribution in [3.63, 3.8) is 0 Å². The number of nitriles is 1. The number of aromatic nitrogens is 2. The molecule has 1 aromatic heterocycles. The molecule has 0 radical (unpaired) electrons. The predicted octanol–water partition coefficient (Wildman–Crippen LogP) is 2.23. The highest BCUT2D eigenvalue weighted by molar-refractivity contribution is 5.70. The molecule has 1 aromatic rings. The van der Waals surface area contributed by atoms with E-state index in [0.717, 1.165) is 43.1 Å². The van der Waals surface area contributed by atoms with Crippen LogP contribution in [0.25, 0.3) is 0 Å². The summed E-state index contributed by atoms with van der Waals surface area (Å²) in [6, 6.07) is 3.15. The lowest BCUT2D eigenvalue weighted by Crippen LogP contribution is -2.51. The van der Waals surface area contributed by atoms with Gasteiger partial charge in [0.25, 0.3) is 0 Å². The molecule has 1 amide bonds. The van der Waals surface area contributed by atoms with Crippen LogP contribution >= 0.6 is 0 Å². The minimum absolute atomic E-state index is 0.129. The molecule has 4 rings (SSSR count). The molecule has 0 aliphatic carbocycles. The molecule has 4 heterocycles. The van der Waals surface area contributed by atoms with Gasteiger partial charge in [-0.25, -0.2) is 4.79 Å². The summed E-state index contributed by atoms with van der Waals surface area (Å²) in [5.41, 5.74) is 1.18. The van der Waals surface area contributed by atoms with Crippen LogP contribution in [0.4, 0.5) is 10.6 Å². The van der Waals surface area contributed by atoms with Crippen molar-refractivity contribution in [1.29, 1.82) is 5.26 Å². The van der Waals surface area contributed by atoms with E-state index in [1.54, 1.807) is 4.90 Å². The first-order chi connectivity index (χ1) is 16.1. The van der Waals surface area contributed by atoms with Gasteiger partial charge in [0.05, 0.1) is 31.3 Å². The highest BCUT2D eigenvalue weighted by Crippen LogP contribution is 2.33. The topological polar surface area (TPSA) is 98.1 Å². The van der Waals surface area contributed by atoms with Gasteiger partial charge in [0, 0.05) is 37.3 Å². The van der Waals surface area contributed by atoms with Crippen LogP contribution in [-0.2, 0) is 17.8 Å². The van der Waals surface area contributed by atoms with E-state index < -0.39 is 5.60 Å². The minimum atomic E-state index is -0.566. The Morgan fingerprint density at radius 2 is 1.88 bits per heavy atom. The molecule has 0 unspecified atom stereocenters. The third-order valence-electron chi connectivity index (χ3n) is 6.87. The largest absolute Gasteiger partial charge is 0.462 e. The number of ether oxygens (including phenoxy) is 2. The molecule has 34 heavy (non-hydrogen) atoms. The number of amides is 1. The normalized spacial score (nSPS) is 23.6. The molecule has 0 aromatic carbocycles. The van der Waals surface area contributed by atoms with Crippen molar-refractivity contribution < 1.29 is 14.3 Å². The fourth-order valence-corrected chi connectivity index (χ4v) is 4.82. The van der Waals surface area contributed by atoms with Crippen LogP contribution in [0.1, 0.15) is 51.3 Å². The van der Waals surface area contributed by atoms with Gasteiger partial charge in [-0.05, 0) is 54.3 Å². The molecule has 0 N–H and O–H groups in total. The lowest BCUT2D eigenvalue weighted by Gasteiger charge is -2.39. The number of carbonyl (C=O) groups is 1. The van der Waals surface area contributed by atoms with E-state index in [1.807, 2.05) is 20.8 Å². The molecular weight excluding hydrogens is 434 g/mol. The molecule has 186 valence electrons. The summed E-state index contributed by atoms with van der Waals surface area (Å²) in [5, 5.41) is 9.27. The first-order valence-corrected chi connectivity index (χ1v) is 12.2. The standard InChI is InChI=1S/C24H37N7O3/c1-24(2,3)34-23(32)31-14-19-20(15-31)26-22(33-16-18-7-6-10-28(18)4)27-21(19)30-12-11-29(5)17(13-30)8-9-25/h17-18H,6-8,10-16H2,1-5H3/t17-,18-/m0/s1. The Hall–Kier alpha value is -2.64. The van der Waals surface area contributed by atoms with Crippen LogP contribution in [0.15, 0.2) is 0 Å². The van der Waals surface area contributed by atoms with Gasteiger partial charge in [-0.15, -0.1) is 0 Å². The first-order valence-electron chi connectivity index (χ1n) is 12.2. The molecule has 10 heteroatoms. The van der Waals surface area contributed by atoms with Crippen molar-refractivity contribution in [3.8, 4) is 12.1 Å². The van der Waals surface area contributed by atoms with E-state index in [4.69, 9.17) is 19.4 Å². The second-order valence-corrected chi connectivity index (χ2v) is 10.6. The number of piperazine rings is 1. The minimum Gasteiger partial charge on any atom is -0.462 e. The van der Waals surface area contributed by atoms with Crippen LogP contribution < -0.4 is 9.64 Å². The van der Waals surface area contributed by atoms with Gasteiger partial charge >= 0.3 is 12.1 Å². The maximum atomic E-state index is 12.8. The number of hydrogen-bond acceptors (Lipinski definition) is 9. The zero-order valence-electron chi connectivity index (χ0n) is 21.1. The van der Waals surface area contributed by atoms with Gasteiger partial charge in [-0.3, -0.25) is 9.80 Å². The number of likely N-dealkylation sites (N-methyl/N-ethyl adjacent to an activating group) is 2. The zero-order valence-corrected chi connectivity index (χ0v) is 21.1. The predicted molar refractivity (Wildman–Crippen MR) is 128 cm³/mol. The van der Waals surface area contributed by atoms with Gasteiger partial charge in [0.2, 0.25) is 0 Å². The van der Waals surface area contributed by atoms with E-state index in [1.165, 1.54) is 6.42 Å². The van der Waals surface area contributed by atoms with Gasteiger partial charge in [-0.2, -0.15) is 15.2 Å². The lowest BCUT2D eigenvalue weighted by molar-refractivity contribution is 0.0240. The fraction of sp³-hybridized carbons (Fsp3) is 0.750. The van der Waals surface area contributed by atoms with E-state index in [-0.39, 0.29) is 12.1 Å². The molecule has 2 atom stereocenters. The number of rotatable bonds is 5. The Morgan fingerprint density at radius 1 is 1.12 bits per heavy atom.